The monoisotopic (exact) mass is 302 g/mol. The lowest BCUT2D eigenvalue weighted by molar-refractivity contribution is 0.573. The van der Waals surface area contributed by atoms with Crippen molar-refractivity contribution in [1.29, 1.82) is 0 Å². The summed E-state index contributed by atoms with van der Waals surface area (Å²) in [6.07, 6.45) is 1.48. The number of anilines is 1. The standard InChI is InChI=1S/C13H11ClN6O/c1-8-2-3-9(6-11(8)14)12-5-4-10(21-12)7-16-20-13(15)17-18-19-20/h2-7H,1H3,(H2,15,17,19)/b16-7+. The third-order valence-electron chi connectivity index (χ3n) is 2.85. The van der Waals surface area contributed by atoms with Crippen LogP contribution in [0.5, 0.6) is 0 Å². The first-order valence-electron chi connectivity index (χ1n) is 6.08. The fourth-order valence-electron chi connectivity index (χ4n) is 1.71. The van der Waals surface area contributed by atoms with Gasteiger partial charge in [-0.2, -0.15) is 5.10 Å². The molecule has 106 valence electrons. The molecule has 0 aliphatic heterocycles. The van der Waals surface area contributed by atoms with E-state index in [1.54, 1.807) is 6.07 Å². The molecule has 7 nitrogen and oxygen atoms in total. The molecule has 2 aromatic heterocycles. The van der Waals surface area contributed by atoms with Crippen LogP contribution in [-0.4, -0.2) is 26.5 Å². The van der Waals surface area contributed by atoms with Gasteiger partial charge in [0.2, 0.25) is 0 Å². The maximum Gasteiger partial charge on any atom is 0.263 e. The van der Waals surface area contributed by atoms with Gasteiger partial charge in [-0.25, -0.2) is 0 Å². The van der Waals surface area contributed by atoms with Crippen LogP contribution in [-0.2, 0) is 0 Å². The van der Waals surface area contributed by atoms with Crippen LogP contribution in [0.2, 0.25) is 5.02 Å². The normalized spacial score (nSPS) is 11.3. The zero-order chi connectivity index (χ0) is 14.8. The highest BCUT2D eigenvalue weighted by molar-refractivity contribution is 6.31. The lowest BCUT2D eigenvalue weighted by atomic mass is 10.1. The number of nitrogens with two attached hydrogens (primary N) is 1. The van der Waals surface area contributed by atoms with E-state index in [4.69, 9.17) is 21.8 Å². The van der Waals surface area contributed by atoms with Crippen LogP contribution >= 0.6 is 11.6 Å². The highest BCUT2D eigenvalue weighted by Crippen LogP contribution is 2.26. The van der Waals surface area contributed by atoms with E-state index < -0.39 is 0 Å². The van der Waals surface area contributed by atoms with Crippen LogP contribution in [0.15, 0.2) is 39.9 Å². The Hall–Kier alpha value is -2.67. The van der Waals surface area contributed by atoms with E-state index in [0.29, 0.717) is 16.5 Å². The van der Waals surface area contributed by atoms with E-state index in [1.165, 1.54) is 6.21 Å². The predicted octanol–water partition coefficient (Wildman–Crippen LogP) is 2.36. The molecule has 0 saturated heterocycles. The summed E-state index contributed by atoms with van der Waals surface area (Å²) < 4.78 is 5.67. The Morgan fingerprint density at radius 3 is 2.90 bits per heavy atom. The molecule has 0 atom stereocenters. The zero-order valence-corrected chi connectivity index (χ0v) is 11.8. The number of benzene rings is 1. The maximum atomic E-state index is 6.11. The van der Waals surface area contributed by atoms with Gasteiger partial charge in [-0.3, -0.25) is 0 Å². The SMILES string of the molecule is Cc1ccc(-c2ccc(/C=N/n3nnnc3N)o2)cc1Cl. The molecule has 0 saturated carbocycles. The lowest BCUT2D eigenvalue weighted by Gasteiger charge is -2.00. The average molecular weight is 303 g/mol. The summed E-state index contributed by atoms with van der Waals surface area (Å²) in [5.74, 6) is 1.35. The van der Waals surface area contributed by atoms with Crippen molar-refractivity contribution in [2.45, 2.75) is 6.92 Å². The number of nitrogen functional groups attached to an aromatic ring is 1. The summed E-state index contributed by atoms with van der Waals surface area (Å²) in [5.41, 5.74) is 7.41. The van der Waals surface area contributed by atoms with Crippen molar-refractivity contribution >= 4 is 23.8 Å². The Bertz CT molecular complexity index is 807. The average Bonchev–Trinajstić information content (AvgIpc) is 3.09. The zero-order valence-electron chi connectivity index (χ0n) is 11.1. The van der Waals surface area contributed by atoms with Gasteiger partial charge in [0.25, 0.3) is 5.95 Å². The molecule has 0 bridgehead atoms. The van der Waals surface area contributed by atoms with Crippen LogP contribution in [0.1, 0.15) is 11.3 Å². The molecule has 2 N–H and O–H groups in total. The van der Waals surface area contributed by atoms with E-state index in [9.17, 15) is 0 Å². The van der Waals surface area contributed by atoms with Gasteiger partial charge in [0, 0.05) is 10.6 Å². The summed E-state index contributed by atoms with van der Waals surface area (Å²) in [6, 6.07) is 9.37. The first-order chi connectivity index (χ1) is 10.1. The number of furan rings is 1. The number of aromatic nitrogens is 4. The van der Waals surface area contributed by atoms with Crippen LogP contribution in [0.4, 0.5) is 5.95 Å². The summed E-state index contributed by atoms with van der Waals surface area (Å²) in [5, 5.41) is 15.2. The van der Waals surface area contributed by atoms with Crippen molar-refractivity contribution in [3.63, 3.8) is 0 Å². The number of nitrogens with zero attached hydrogens (tertiary/aromatic N) is 5. The molecule has 2 heterocycles. The second kappa shape index (κ2) is 5.37. The van der Waals surface area contributed by atoms with Crippen LogP contribution in [0.3, 0.4) is 0 Å². The number of aryl methyl sites for hydroxylation is 1. The van der Waals surface area contributed by atoms with Gasteiger partial charge in [0.15, 0.2) is 0 Å². The molecule has 1 aromatic carbocycles. The Morgan fingerprint density at radius 1 is 1.33 bits per heavy atom. The van der Waals surface area contributed by atoms with E-state index in [1.807, 2.05) is 31.2 Å². The molecule has 0 unspecified atom stereocenters. The smallest absolute Gasteiger partial charge is 0.263 e. The van der Waals surface area contributed by atoms with Crippen LogP contribution < -0.4 is 5.73 Å². The van der Waals surface area contributed by atoms with Crippen molar-refractivity contribution in [2.24, 2.45) is 5.10 Å². The highest BCUT2D eigenvalue weighted by Gasteiger charge is 2.06. The van der Waals surface area contributed by atoms with Gasteiger partial charge in [-0.1, -0.05) is 33.6 Å². The number of tetrazole rings is 1. The molecule has 8 heteroatoms. The van der Waals surface area contributed by atoms with Gasteiger partial charge in [-0.05, 0) is 41.1 Å². The summed E-state index contributed by atoms with van der Waals surface area (Å²) in [4.78, 5) is 1.10. The minimum Gasteiger partial charge on any atom is -0.455 e. The number of hydrogen-bond donors (Lipinski definition) is 1. The maximum absolute atomic E-state index is 6.11. The summed E-state index contributed by atoms with van der Waals surface area (Å²) >= 11 is 6.11. The number of rotatable bonds is 3. The van der Waals surface area contributed by atoms with E-state index in [0.717, 1.165) is 15.9 Å². The first-order valence-corrected chi connectivity index (χ1v) is 6.46. The minimum absolute atomic E-state index is 0.100. The Morgan fingerprint density at radius 2 is 2.19 bits per heavy atom. The van der Waals surface area contributed by atoms with Crippen LogP contribution in [0.25, 0.3) is 11.3 Å². The number of hydrogen-bond acceptors (Lipinski definition) is 6. The highest BCUT2D eigenvalue weighted by atomic mass is 35.5. The second-order valence-corrected chi connectivity index (χ2v) is 4.74. The third-order valence-corrected chi connectivity index (χ3v) is 3.26. The fraction of sp³-hybridized carbons (Fsp3) is 0.0769. The molecule has 21 heavy (non-hydrogen) atoms. The molecule has 0 aliphatic rings. The van der Waals surface area contributed by atoms with Crippen molar-refractivity contribution in [3.05, 3.63) is 46.7 Å². The molecular formula is C13H11ClN6O. The van der Waals surface area contributed by atoms with E-state index >= 15 is 0 Å². The van der Waals surface area contributed by atoms with Gasteiger partial charge >= 0.3 is 0 Å². The first kappa shape index (κ1) is 13.3. The minimum atomic E-state index is 0.100. The molecule has 0 radical (unpaired) electrons. The Labute approximate surface area is 125 Å². The van der Waals surface area contributed by atoms with Crippen LogP contribution in [0, 0.1) is 6.92 Å². The quantitative estimate of drug-likeness (QED) is 0.749. The van der Waals surface area contributed by atoms with Gasteiger partial charge < -0.3 is 10.2 Å². The van der Waals surface area contributed by atoms with Gasteiger partial charge in [-0.15, -0.1) is 0 Å². The predicted molar refractivity (Wildman–Crippen MR) is 79.1 cm³/mol. The third kappa shape index (κ3) is 2.77. The number of halogens is 1. The molecule has 3 aromatic rings. The van der Waals surface area contributed by atoms with E-state index in [-0.39, 0.29) is 5.95 Å². The molecule has 0 spiro atoms. The largest absolute Gasteiger partial charge is 0.455 e. The molecule has 3 rings (SSSR count). The summed E-state index contributed by atoms with van der Waals surface area (Å²) in [6.45, 7) is 1.95. The Balaban J connectivity index is 1.84. The van der Waals surface area contributed by atoms with Crippen molar-refractivity contribution in [2.75, 3.05) is 5.73 Å². The topological polar surface area (TPSA) is 95.1 Å². The van der Waals surface area contributed by atoms with Gasteiger partial charge in [0.1, 0.15) is 11.5 Å². The Kier molecular flexibility index (Phi) is 3.41. The lowest BCUT2D eigenvalue weighted by Crippen LogP contribution is -1.99. The van der Waals surface area contributed by atoms with Gasteiger partial charge in [0.05, 0.1) is 6.21 Å². The molecule has 0 amide bonds. The fourth-order valence-corrected chi connectivity index (χ4v) is 1.89. The van der Waals surface area contributed by atoms with Crippen molar-refractivity contribution in [1.82, 2.24) is 20.3 Å². The molecule has 0 fully saturated rings. The van der Waals surface area contributed by atoms with E-state index in [2.05, 4.69) is 20.6 Å². The second-order valence-electron chi connectivity index (χ2n) is 4.34. The van der Waals surface area contributed by atoms with Crippen molar-refractivity contribution < 1.29 is 4.42 Å². The molecular weight excluding hydrogens is 292 g/mol. The summed E-state index contributed by atoms with van der Waals surface area (Å²) in [7, 11) is 0. The molecule has 0 aliphatic carbocycles. The van der Waals surface area contributed by atoms with Crippen molar-refractivity contribution in [3.8, 4) is 11.3 Å².